The van der Waals surface area contributed by atoms with E-state index in [0.29, 0.717) is 39.4 Å². The number of nitrogens with one attached hydrogen (secondary N) is 1. The maximum Gasteiger partial charge on any atom is 0.527 e. The first-order chi connectivity index (χ1) is 16.8. The number of pyridine rings is 2. The van der Waals surface area contributed by atoms with Crippen LogP contribution in [0.25, 0.3) is 0 Å². The van der Waals surface area contributed by atoms with Crippen molar-refractivity contribution in [3.63, 3.8) is 0 Å². The standard InChI is InChI=1S/C24H27F2N5O3S/c1-34-19-3-2-16(28-21(19)31-12-8-24(25,26)9-13-31)22(32)29-17-15-27-20(35-33)14-18(17)30-10-6-23(4-5-23)7-11-30/h2-3,14-15H,4-13H2,1H3/p+1. The second kappa shape index (κ2) is 9.25. The predicted molar refractivity (Wildman–Crippen MR) is 129 cm³/mol. The molecule has 8 nitrogen and oxygen atoms in total. The summed E-state index contributed by atoms with van der Waals surface area (Å²) in [6, 6.07) is 4.89. The molecule has 11 heteroatoms. The topological polar surface area (TPSA) is 87.7 Å². The van der Waals surface area contributed by atoms with Crippen molar-refractivity contribution in [3.05, 3.63) is 30.1 Å². The molecule has 186 valence electrons. The van der Waals surface area contributed by atoms with Gasteiger partial charge in [-0.15, -0.1) is 0 Å². The van der Waals surface area contributed by atoms with E-state index in [1.807, 2.05) is 0 Å². The third-order valence-electron chi connectivity index (χ3n) is 7.40. The van der Waals surface area contributed by atoms with Crippen LogP contribution in [-0.2, 0) is 15.9 Å². The highest BCUT2D eigenvalue weighted by atomic mass is 32.1. The van der Waals surface area contributed by atoms with Gasteiger partial charge in [-0.3, -0.25) is 4.79 Å². The molecule has 2 aromatic rings. The highest BCUT2D eigenvalue weighted by Gasteiger charge is 2.44. The quantitative estimate of drug-likeness (QED) is 0.592. The highest BCUT2D eigenvalue weighted by molar-refractivity contribution is 7.65. The summed E-state index contributed by atoms with van der Waals surface area (Å²) >= 11 is 0.319. The van der Waals surface area contributed by atoms with Gasteiger partial charge in [-0.05, 0) is 43.2 Å². The van der Waals surface area contributed by atoms with Gasteiger partial charge in [0.25, 0.3) is 11.8 Å². The lowest BCUT2D eigenvalue weighted by molar-refractivity contribution is -0.0222. The van der Waals surface area contributed by atoms with Crippen LogP contribution in [-0.4, -0.2) is 55.1 Å². The number of hydrogen-bond acceptors (Lipinski definition) is 7. The van der Waals surface area contributed by atoms with Gasteiger partial charge in [0, 0.05) is 43.2 Å². The number of amides is 1. The van der Waals surface area contributed by atoms with Crippen molar-refractivity contribution in [1.82, 2.24) is 9.97 Å². The predicted octanol–water partition coefficient (Wildman–Crippen LogP) is 4.14. The number of carbonyl (C=O) groups is 1. The fourth-order valence-corrected chi connectivity index (χ4v) is 5.16. The van der Waals surface area contributed by atoms with Crippen molar-refractivity contribution in [2.75, 3.05) is 48.4 Å². The van der Waals surface area contributed by atoms with E-state index in [-0.39, 0.29) is 31.6 Å². The van der Waals surface area contributed by atoms with Gasteiger partial charge in [0.2, 0.25) is 0 Å². The Kier molecular flexibility index (Phi) is 6.29. The number of ether oxygens (including phenoxy) is 1. The molecular weight excluding hydrogens is 476 g/mol. The van der Waals surface area contributed by atoms with E-state index in [1.165, 1.54) is 26.1 Å². The van der Waals surface area contributed by atoms with Crippen LogP contribution in [0.5, 0.6) is 5.75 Å². The van der Waals surface area contributed by atoms with Crippen molar-refractivity contribution in [2.24, 2.45) is 5.41 Å². The number of methoxy groups -OCH3 is 1. The number of nitrogens with zero attached hydrogens (tertiary/aromatic N) is 4. The molecule has 1 N–H and O–H groups in total. The van der Waals surface area contributed by atoms with E-state index in [4.69, 9.17) is 4.74 Å². The minimum Gasteiger partial charge on any atom is -0.493 e. The van der Waals surface area contributed by atoms with Crippen LogP contribution < -0.4 is 19.9 Å². The average Bonchev–Trinajstić information content (AvgIpc) is 3.63. The number of alkyl halides is 2. The van der Waals surface area contributed by atoms with Crippen molar-refractivity contribution in [1.29, 1.82) is 0 Å². The van der Waals surface area contributed by atoms with Gasteiger partial charge >= 0.3 is 16.7 Å². The molecule has 0 radical (unpaired) electrons. The summed E-state index contributed by atoms with van der Waals surface area (Å²) in [5.41, 5.74) is 1.91. The number of aromatic nitrogens is 2. The zero-order valence-corrected chi connectivity index (χ0v) is 20.4. The van der Waals surface area contributed by atoms with E-state index in [2.05, 4.69) is 20.2 Å². The molecule has 1 amide bonds. The highest BCUT2D eigenvalue weighted by Crippen LogP contribution is 2.54. The minimum absolute atomic E-state index is 0.125. The van der Waals surface area contributed by atoms with Crippen molar-refractivity contribution in [3.8, 4) is 5.75 Å². The Hall–Kier alpha value is -2.95. The van der Waals surface area contributed by atoms with E-state index < -0.39 is 11.8 Å². The molecule has 3 fully saturated rings. The number of halogens is 2. The lowest BCUT2D eigenvalue weighted by Crippen LogP contribution is -2.40. The Labute approximate surface area is 206 Å². The zero-order chi connectivity index (χ0) is 24.6. The molecule has 1 saturated carbocycles. The van der Waals surface area contributed by atoms with Gasteiger partial charge in [-0.1, -0.05) is 0 Å². The van der Waals surface area contributed by atoms with E-state index in [1.54, 1.807) is 23.1 Å². The van der Waals surface area contributed by atoms with Crippen LogP contribution in [0.15, 0.2) is 29.4 Å². The van der Waals surface area contributed by atoms with Crippen molar-refractivity contribution >= 4 is 34.8 Å². The smallest absolute Gasteiger partial charge is 0.493 e. The molecule has 2 saturated heterocycles. The fourth-order valence-electron chi connectivity index (χ4n) is 4.91. The minimum atomic E-state index is -2.69. The van der Waals surface area contributed by atoms with Crippen LogP contribution in [0.3, 0.4) is 0 Å². The fraction of sp³-hybridized carbons (Fsp3) is 0.542. The van der Waals surface area contributed by atoms with Gasteiger partial charge < -0.3 is 19.9 Å². The molecule has 1 aliphatic carbocycles. The lowest BCUT2D eigenvalue weighted by atomic mass is 9.93. The number of rotatable bonds is 6. The summed E-state index contributed by atoms with van der Waals surface area (Å²) in [4.78, 5) is 25.7. The molecule has 1 spiro atoms. The van der Waals surface area contributed by atoms with Gasteiger partial charge in [0.05, 0.1) is 30.7 Å². The number of anilines is 3. The maximum atomic E-state index is 13.6. The van der Waals surface area contributed by atoms with E-state index in [9.17, 15) is 17.8 Å². The second-order valence-electron chi connectivity index (χ2n) is 9.63. The molecule has 0 aromatic carbocycles. The molecular formula is C24H28F2N5O3S+. The van der Waals surface area contributed by atoms with Gasteiger partial charge in [0.15, 0.2) is 11.6 Å². The maximum absolute atomic E-state index is 13.6. The first-order valence-electron chi connectivity index (χ1n) is 11.9. The molecule has 0 bridgehead atoms. The molecule has 4 heterocycles. The first-order valence-corrected chi connectivity index (χ1v) is 12.6. The van der Waals surface area contributed by atoms with E-state index >= 15 is 0 Å². The monoisotopic (exact) mass is 504 g/mol. The van der Waals surface area contributed by atoms with Crippen LogP contribution >= 0.6 is 0 Å². The first kappa shape index (κ1) is 23.8. The van der Waals surface area contributed by atoms with Crippen molar-refractivity contribution < 1.29 is 22.5 Å². The Morgan fingerprint density at radius 2 is 1.74 bits per heavy atom. The van der Waals surface area contributed by atoms with Gasteiger partial charge in [-0.2, -0.15) is 4.98 Å². The van der Waals surface area contributed by atoms with Gasteiger partial charge in [0.1, 0.15) is 5.69 Å². The van der Waals surface area contributed by atoms with Crippen LogP contribution in [0, 0.1) is 5.41 Å². The lowest BCUT2D eigenvalue weighted by Gasteiger charge is -2.34. The normalized spacial score (nSPS) is 20.4. The Morgan fingerprint density at radius 3 is 2.37 bits per heavy atom. The summed E-state index contributed by atoms with van der Waals surface area (Å²) in [6.45, 7) is 1.97. The molecule has 0 atom stereocenters. The molecule has 3 aliphatic rings. The molecule has 2 aliphatic heterocycles. The molecule has 0 unspecified atom stereocenters. The third kappa shape index (κ3) is 5.05. The summed E-state index contributed by atoms with van der Waals surface area (Å²) in [5.74, 6) is -2.34. The van der Waals surface area contributed by atoms with E-state index in [0.717, 1.165) is 31.6 Å². The zero-order valence-electron chi connectivity index (χ0n) is 19.6. The largest absolute Gasteiger partial charge is 0.527 e. The number of piperidine rings is 2. The average molecular weight is 505 g/mol. The number of hydrogen-bond donors (Lipinski definition) is 1. The SMILES string of the molecule is COc1ccc(C(=O)Nc2cnc([S+]=O)cc2N2CCC3(CC2)CC3)nc1N1CCC(F)(F)CC1. The Morgan fingerprint density at radius 1 is 1.06 bits per heavy atom. The number of carbonyl (C=O) groups excluding carboxylic acids is 1. The van der Waals surface area contributed by atoms with Gasteiger partial charge in [-0.25, -0.2) is 13.8 Å². The summed E-state index contributed by atoms with van der Waals surface area (Å²) in [6.07, 6.45) is 5.72. The van der Waals surface area contributed by atoms with Crippen LogP contribution in [0.1, 0.15) is 49.0 Å². The van der Waals surface area contributed by atoms with Crippen LogP contribution in [0.4, 0.5) is 26.0 Å². The molecule has 35 heavy (non-hydrogen) atoms. The summed E-state index contributed by atoms with van der Waals surface area (Å²) in [7, 11) is 1.48. The third-order valence-corrected chi connectivity index (χ3v) is 7.79. The molecule has 5 rings (SSSR count). The molecule has 2 aromatic heterocycles. The summed E-state index contributed by atoms with van der Waals surface area (Å²) in [5, 5.41) is 3.24. The summed E-state index contributed by atoms with van der Waals surface area (Å²) < 4.78 is 44.1. The van der Waals surface area contributed by atoms with Crippen LogP contribution in [0.2, 0.25) is 0 Å². The second-order valence-corrected chi connectivity index (χ2v) is 10.2. The Bertz CT molecular complexity index is 1120. The van der Waals surface area contributed by atoms with Crippen molar-refractivity contribution in [2.45, 2.75) is 49.5 Å². The Balaban J connectivity index is 1.37.